The zero-order valence-corrected chi connectivity index (χ0v) is 13.4. The molecule has 5 heteroatoms. The minimum Gasteiger partial charge on any atom is -0.490 e. The Morgan fingerprint density at radius 3 is 2.65 bits per heavy atom. The van der Waals surface area contributed by atoms with E-state index in [1.165, 1.54) is 32.0 Å². The fourth-order valence-electron chi connectivity index (χ4n) is 2.80. The molecule has 4 nitrogen and oxygen atoms in total. The SMILES string of the molecule is COc1c(Cl)ncnc1N(CCC(C)C)C1CCCC1. The quantitative estimate of drug-likeness (QED) is 0.746. The van der Waals surface area contributed by atoms with E-state index in [0.29, 0.717) is 22.9 Å². The maximum absolute atomic E-state index is 6.14. The number of aromatic nitrogens is 2. The molecule has 1 aromatic heterocycles. The summed E-state index contributed by atoms with van der Waals surface area (Å²) in [6.07, 6.45) is 7.71. The van der Waals surface area contributed by atoms with Crippen LogP contribution in [0.25, 0.3) is 0 Å². The van der Waals surface area contributed by atoms with Crippen LogP contribution in [0.15, 0.2) is 6.33 Å². The Bertz CT molecular complexity index is 433. The van der Waals surface area contributed by atoms with E-state index in [-0.39, 0.29) is 0 Å². The van der Waals surface area contributed by atoms with Crippen LogP contribution in [0.3, 0.4) is 0 Å². The van der Waals surface area contributed by atoms with E-state index in [4.69, 9.17) is 16.3 Å². The summed E-state index contributed by atoms with van der Waals surface area (Å²) in [5.41, 5.74) is 0. The van der Waals surface area contributed by atoms with Gasteiger partial charge in [-0.25, -0.2) is 9.97 Å². The number of methoxy groups -OCH3 is 1. The molecule has 0 amide bonds. The first-order valence-electron chi connectivity index (χ1n) is 7.44. The normalized spacial score (nSPS) is 15.8. The molecule has 1 aliphatic rings. The average Bonchev–Trinajstić information content (AvgIpc) is 2.93. The van der Waals surface area contributed by atoms with Gasteiger partial charge in [0, 0.05) is 12.6 Å². The van der Waals surface area contributed by atoms with E-state index in [2.05, 4.69) is 28.7 Å². The monoisotopic (exact) mass is 297 g/mol. The molecule has 1 heterocycles. The van der Waals surface area contributed by atoms with Gasteiger partial charge in [0.2, 0.25) is 0 Å². The predicted octanol–water partition coefficient (Wildman–Crippen LogP) is 3.93. The van der Waals surface area contributed by atoms with E-state index in [0.717, 1.165) is 18.8 Å². The number of rotatable bonds is 6. The molecule has 0 unspecified atom stereocenters. The molecule has 20 heavy (non-hydrogen) atoms. The molecule has 2 rings (SSSR count). The van der Waals surface area contributed by atoms with Crippen LogP contribution in [-0.4, -0.2) is 29.7 Å². The second-order valence-electron chi connectivity index (χ2n) is 5.84. The Morgan fingerprint density at radius 1 is 1.35 bits per heavy atom. The molecule has 0 saturated heterocycles. The van der Waals surface area contributed by atoms with Crippen molar-refractivity contribution < 1.29 is 4.74 Å². The number of nitrogens with zero attached hydrogens (tertiary/aromatic N) is 3. The van der Waals surface area contributed by atoms with Gasteiger partial charge in [0.25, 0.3) is 0 Å². The van der Waals surface area contributed by atoms with Crippen LogP contribution < -0.4 is 9.64 Å². The third-order valence-corrected chi connectivity index (χ3v) is 4.20. The van der Waals surface area contributed by atoms with Gasteiger partial charge in [-0.15, -0.1) is 0 Å². The Balaban J connectivity index is 2.27. The Hall–Kier alpha value is -1.03. The van der Waals surface area contributed by atoms with Crippen molar-refractivity contribution in [2.45, 2.75) is 52.0 Å². The lowest BCUT2D eigenvalue weighted by molar-refractivity contribution is 0.406. The lowest BCUT2D eigenvalue weighted by Crippen LogP contribution is -2.35. The summed E-state index contributed by atoms with van der Waals surface area (Å²) >= 11 is 6.14. The lowest BCUT2D eigenvalue weighted by Gasteiger charge is -2.31. The second kappa shape index (κ2) is 7.11. The summed E-state index contributed by atoms with van der Waals surface area (Å²) in [4.78, 5) is 10.8. The third kappa shape index (κ3) is 3.54. The molecule has 112 valence electrons. The van der Waals surface area contributed by atoms with E-state index in [1.807, 2.05) is 0 Å². The van der Waals surface area contributed by atoms with Gasteiger partial charge in [-0.3, -0.25) is 0 Å². The van der Waals surface area contributed by atoms with Gasteiger partial charge in [0.1, 0.15) is 6.33 Å². The number of halogens is 1. The topological polar surface area (TPSA) is 38.3 Å². The fourth-order valence-corrected chi connectivity index (χ4v) is 3.00. The van der Waals surface area contributed by atoms with Crippen LogP contribution in [0.4, 0.5) is 5.82 Å². The highest BCUT2D eigenvalue weighted by atomic mass is 35.5. The molecule has 0 radical (unpaired) electrons. The van der Waals surface area contributed by atoms with Crippen molar-refractivity contribution in [3.63, 3.8) is 0 Å². The van der Waals surface area contributed by atoms with Crippen molar-refractivity contribution in [2.75, 3.05) is 18.6 Å². The molecule has 0 atom stereocenters. The molecule has 0 N–H and O–H groups in total. The van der Waals surface area contributed by atoms with Crippen molar-refractivity contribution in [2.24, 2.45) is 5.92 Å². The van der Waals surface area contributed by atoms with Crippen LogP contribution in [-0.2, 0) is 0 Å². The van der Waals surface area contributed by atoms with Gasteiger partial charge in [-0.1, -0.05) is 38.3 Å². The fraction of sp³-hybridized carbons (Fsp3) is 0.733. The van der Waals surface area contributed by atoms with Crippen LogP contribution in [0.1, 0.15) is 46.0 Å². The molecule has 1 aliphatic carbocycles. The smallest absolute Gasteiger partial charge is 0.199 e. The molecular formula is C15H24ClN3O. The number of anilines is 1. The van der Waals surface area contributed by atoms with Crippen molar-refractivity contribution in [3.05, 3.63) is 11.5 Å². The van der Waals surface area contributed by atoms with E-state index in [1.54, 1.807) is 7.11 Å². The van der Waals surface area contributed by atoms with Crippen LogP contribution in [0, 0.1) is 5.92 Å². The molecule has 0 aliphatic heterocycles. The maximum Gasteiger partial charge on any atom is 0.199 e. The molecule has 0 spiro atoms. The van der Waals surface area contributed by atoms with Gasteiger partial charge >= 0.3 is 0 Å². The summed E-state index contributed by atoms with van der Waals surface area (Å²) in [6.45, 7) is 5.49. The highest BCUT2D eigenvalue weighted by Crippen LogP contribution is 2.36. The number of hydrogen-bond acceptors (Lipinski definition) is 4. The first kappa shape index (κ1) is 15.4. The van der Waals surface area contributed by atoms with Gasteiger partial charge < -0.3 is 9.64 Å². The lowest BCUT2D eigenvalue weighted by atomic mass is 10.1. The second-order valence-corrected chi connectivity index (χ2v) is 6.19. The summed E-state index contributed by atoms with van der Waals surface area (Å²) in [7, 11) is 1.63. The first-order chi connectivity index (χ1) is 9.63. The van der Waals surface area contributed by atoms with E-state index >= 15 is 0 Å². The van der Waals surface area contributed by atoms with Gasteiger partial charge in [0.05, 0.1) is 7.11 Å². The van der Waals surface area contributed by atoms with Crippen LogP contribution >= 0.6 is 11.6 Å². The molecule has 0 bridgehead atoms. The van der Waals surface area contributed by atoms with Crippen molar-refractivity contribution in [3.8, 4) is 5.75 Å². The van der Waals surface area contributed by atoms with Crippen LogP contribution in [0.5, 0.6) is 5.75 Å². The van der Waals surface area contributed by atoms with Crippen molar-refractivity contribution in [1.29, 1.82) is 0 Å². The Labute approximate surface area is 126 Å². The Morgan fingerprint density at radius 2 is 2.05 bits per heavy atom. The molecule has 1 fully saturated rings. The minimum absolute atomic E-state index is 0.394. The number of hydrogen-bond donors (Lipinski definition) is 0. The minimum atomic E-state index is 0.394. The van der Waals surface area contributed by atoms with Gasteiger partial charge in [-0.05, 0) is 25.2 Å². The third-order valence-electron chi connectivity index (χ3n) is 3.93. The zero-order valence-electron chi connectivity index (χ0n) is 12.6. The largest absolute Gasteiger partial charge is 0.490 e. The summed E-state index contributed by atoms with van der Waals surface area (Å²) in [5.74, 6) is 2.12. The molecule has 1 saturated carbocycles. The van der Waals surface area contributed by atoms with Crippen molar-refractivity contribution in [1.82, 2.24) is 9.97 Å². The van der Waals surface area contributed by atoms with Crippen LogP contribution in [0.2, 0.25) is 5.15 Å². The highest BCUT2D eigenvalue weighted by Gasteiger charge is 2.27. The Kier molecular flexibility index (Phi) is 5.46. The highest BCUT2D eigenvalue weighted by molar-refractivity contribution is 6.31. The molecule has 0 aromatic carbocycles. The predicted molar refractivity (Wildman–Crippen MR) is 82.7 cm³/mol. The number of ether oxygens (including phenoxy) is 1. The van der Waals surface area contributed by atoms with E-state index < -0.39 is 0 Å². The summed E-state index contributed by atoms with van der Waals surface area (Å²) in [5, 5.41) is 0.394. The average molecular weight is 298 g/mol. The summed E-state index contributed by atoms with van der Waals surface area (Å²) < 4.78 is 5.42. The maximum atomic E-state index is 6.14. The van der Waals surface area contributed by atoms with Crippen molar-refractivity contribution >= 4 is 17.4 Å². The van der Waals surface area contributed by atoms with E-state index in [9.17, 15) is 0 Å². The zero-order chi connectivity index (χ0) is 14.5. The van der Waals surface area contributed by atoms with Gasteiger partial charge in [0.15, 0.2) is 16.7 Å². The van der Waals surface area contributed by atoms with Gasteiger partial charge in [-0.2, -0.15) is 0 Å². The first-order valence-corrected chi connectivity index (χ1v) is 7.82. The molecule has 1 aromatic rings. The summed E-state index contributed by atoms with van der Waals surface area (Å²) in [6, 6.07) is 0.550. The standard InChI is InChI=1S/C15H24ClN3O/c1-11(2)8-9-19(12-6-4-5-7-12)15-13(20-3)14(16)17-10-18-15/h10-12H,4-9H2,1-3H3. The molecular weight excluding hydrogens is 274 g/mol.